The first kappa shape index (κ1) is 20.1. The van der Waals surface area contributed by atoms with E-state index in [9.17, 15) is 26.0 Å². The molecule has 0 N–H and O–H groups in total. The molecule has 150 valence electrons. The Labute approximate surface area is 159 Å². The van der Waals surface area contributed by atoms with Crippen LogP contribution in [0.1, 0.15) is 29.4 Å². The van der Waals surface area contributed by atoms with Crippen LogP contribution in [-0.4, -0.2) is 34.8 Å². The van der Waals surface area contributed by atoms with Crippen LogP contribution in [0.25, 0.3) is 10.8 Å². The minimum atomic E-state index is -3.88. The van der Waals surface area contributed by atoms with Crippen LogP contribution in [0.4, 0.5) is 23.4 Å². The van der Waals surface area contributed by atoms with Gasteiger partial charge in [-0.1, -0.05) is 6.07 Å². The SMILES string of the molecule is CS(=O)(=O)N(Cc1ncc(-c2nnc(C(F)F)o2)s1)c1cccc(C(F)F)n1. The molecule has 0 aliphatic heterocycles. The molecule has 3 aromatic rings. The molecule has 0 fully saturated rings. The van der Waals surface area contributed by atoms with Crippen LogP contribution < -0.4 is 4.31 Å². The molecule has 0 radical (unpaired) electrons. The number of anilines is 1. The summed E-state index contributed by atoms with van der Waals surface area (Å²) < 4.78 is 80.7. The summed E-state index contributed by atoms with van der Waals surface area (Å²) in [6.07, 6.45) is -3.64. The molecule has 0 amide bonds. The largest absolute Gasteiger partial charge is 0.414 e. The Balaban J connectivity index is 1.88. The molecular weight excluding hydrogens is 426 g/mol. The number of aromatic nitrogens is 4. The number of thiazole rings is 1. The fourth-order valence-electron chi connectivity index (χ4n) is 2.10. The highest BCUT2D eigenvalue weighted by Gasteiger charge is 2.24. The molecule has 0 atom stereocenters. The number of sulfonamides is 1. The summed E-state index contributed by atoms with van der Waals surface area (Å²) in [5.74, 6) is -1.24. The molecule has 14 heteroatoms. The number of alkyl halides is 4. The van der Waals surface area contributed by atoms with E-state index in [0.29, 0.717) is 0 Å². The van der Waals surface area contributed by atoms with Gasteiger partial charge in [0.15, 0.2) is 0 Å². The lowest BCUT2D eigenvalue weighted by Gasteiger charge is -2.20. The summed E-state index contributed by atoms with van der Waals surface area (Å²) >= 11 is 0.926. The zero-order valence-corrected chi connectivity index (χ0v) is 15.6. The quantitative estimate of drug-likeness (QED) is 0.522. The zero-order valence-electron chi connectivity index (χ0n) is 14.0. The van der Waals surface area contributed by atoms with Gasteiger partial charge < -0.3 is 4.42 Å². The normalized spacial score (nSPS) is 12.1. The van der Waals surface area contributed by atoms with Crippen LogP contribution in [0.15, 0.2) is 28.8 Å². The predicted octanol–water partition coefficient (Wildman–Crippen LogP) is 3.43. The molecule has 0 aliphatic carbocycles. The monoisotopic (exact) mass is 437 g/mol. The predicted molar refractivity (Wildman–Crippen MR) is 90.6 cm³/mol. The molecule has 3 aromatic heterocycles. The summed E-state index contributed by atoms with van der Waals surface area (Å²) in [4.78, 5) is 7.92. The van der Waals surface area contributed by atoms with E-state index in [-0.39, 0.29) is 28.1 Å². The molecule has 0 unspecified atom stereocenters. The smallest absolute Gasteiger partial charge is 0.314 e. The second-order valence-electron chi connectivity index (χ2n) is 5.36. The first-order valence-corrected chi connectivity index (χ1v) is 10.1. The molecule has 0 spiro atoms. The average molecular weight is 437 g/mol. The van der Waals surface area contributed by atoms with Gasteiger partial charge in [-0.25, -0.2) is 31.5 Å². The molecule has 8 nitrogen and oxygen atoms in total. The highest BCUT2D eigenvalue weighted by atomic mass is 32.2. The van der Waals surface area contributed by atoms with E-state index in [2.05, 4.69) is 20.2 Å². The fraction of sp³-hybridized carbons (Fsp3) is 0.286. The lowest BCUT2D eigenvalue weighted by atomic mass is 10.3. The molecule has 28 heavy (non-hydrogen) atoms. The van der Waals surface area contributed by atoms with Crippen molar-refractivity contribution in [1.82, 2.24) is 20.2 Å². The number of hydrogen-bond donors (Lipinski definition) is 0. The molecule has 0 saturated heterocycles. The van der Waals surface area contributed by atoms with Crippen molar-refractivity contribution in [3.8, 4) is 10.8 Å². The first-order valence-electron chi connectivity index (χ1n) is 7.44. The van der Waals surface area contributed by atoms with Gasteiger partial charge in [0, 0.05) is 0 Å². The lowest BCUT2D eigenvalue weighted by molar-refractivity contribution is 0.116. The Morgan fingerprint density at radius 1 is 1.18 bits per heavy atom. The van der Waals surface area contributed by atoms with Crippen molar-refractivity contribution in [2.45, 2.75) is 19.4 Å². The van der Waals surface area contributed by atoms with Crippen molar-refractivity contribution in [3.05, 3.63) is 41.0 Å². The summed E-state index contributed by atoms with van der Waals surface area (Å²) in [6, 6.07) is 3.61. The van der Waals surface area contributed by atoms with Gasteiger partial charge in [0.2, 0.25) is 10.0 Å². The number of rotatable bonds is 7. The van der Waals surface area contributed by atoms with Gasteiger partial charge in [-0.15, -0.1) is 21.5 Å². The molecule has 3 heterocycles. The second kappa shape index (κ2) is 7.79. The third-order valence-electron chi connectivity index (χ3n) is 3.31. The van der Waals surface area contributed by atoms with Crippen molar-refractivity contribution in [2.24, 2.45) is 0 Å². The highest BCUT2D eigenvalue weighted by Crippen LogP contribution is 2.29. The third kappa shape index (κ3) is 4.44. The topological polar surface area (TPSA) is 102 Å². The summed E-state index contributed by atoms with van der Waals surface area (Å²) in [7, 11) is -3.88. The maximum absolute atomic E-state index is 12.9. The van der Waals surface area contributed by atoms with E-state index in [1.165, 1.54) is 18.3 Å². The first-order chi connectivity index (χ1) is 13.1. The van der Waals surface area contributed by atoms with Crippen LogP contribution in [0.5, 0.6) is 0 Å². The van der Waals surface area contributed by atoms with Crippen LogP contribution in [-0.2, 0) is 16.6 Å². The van der Waals surface area contributed by atoms with E-state index in [0.717, 1.165) is 28.0 Å². The lowest BCUT2D eigenvalue weighted by Crippen LogP contribution is -2.30. The molecular formula is C14H11F4N5O3S2. The van der Waals surface area contributed by atoms with Gasteiger partial charge in [0.1, 0.15) is 21.4 Å². The highest BCUT2D eigenvalue weighted by molar-refractivity contribution is 7.92. The van der Waals surface area contributed by atoms with Crippen molar-refractivity contribution in [3.63, 3.8) is 0 Å². The van der Waals surface area contributed by atoms with Crippen molar-refractivity contribution >= 4 is 27.2 Å². The van der Waals surface area contributed by atoms with Gasteiger partial charge in [0.05, 0.1) is 19.0 Å². The number of hydrogen-bond acceptors (Lipinski definition) is 8. The number of halogens is 4. The zero-order chi connectivity index (χ0) is 20.5. The van der Waals surface area contributed by atoms with E-state index in [1.54, 1.807) is 0 Å². The van der Waals surface area contributed by atoms with Gasteiger partial charge in [0.25, 0.3) is 18.2 Å². The van der Waals surface area contributed by atoms with Crippen LogP contribution >= 0.6 is 11.3 Å². The minimum absolute atomic E-state index is 0.192. The fourth-order valence-corrected chi connectivity index (χ4v) is 3.80. The Morgan fingerprint density at radius 2 is 1.93 bits per heavy atom. The molecule has 0 bridgehead atoms. The van der Waals surface area contributed by atoms with Gasteiger partial charge in [-0.05, 0) is 12.1 Å². The van der Waals surface area contributed by atoms with Crippen LogP contribution in [0.3, 0.4) is 0 Å². The summed E-state index contributed by atoms with van der Waals surface area (Å²) in [6.45, 7) is -0.307. The molecule has 0 saturated carbocycles. The molecule has 0 aromatic carbocycles. The van der Waals surface area contributed by atoms with Crippen molar-refractivity contribution in [2.75, 3.05) is 10.6 Å². The Hall–Kier alpha value is -2.61. The van der Waals surface area contributed by atoms with Gasteiger partial charge in [-0.2, -0.15) is 8.78 Å². The van der Waals surface area contributed by atoms with Crippen LogP contribution in [0.2, 0.25) is 0 Å². The number of pyridine rings is 1. The standard InChI is InChI=1S/C14H11F4N5O3S2/c1-28(24,25)23(9-4-2-3-7(20-9)11(15)16)6-10-19-5-8(27-10)13-21-22-14(26-13)12(17)18/h2-5,11-12H,6H2,1H3. The molecule has 0 aliphatic rings. The maximum atomic E-state index is 12.9. The third-order valence-corrected chi connectivity index (χ3v) is 5.39. The minimum Gasteiger partial charge on any atom is -0.414 e. The summed E-state index contributed by atoms with van der Waals surface area (Å²) in [5.41, 5.74) is -0.573. The van der Waals surface area contributed by atoms with Gasteiger partial charge in [-0.3, -0.25) is 0 Å². The maximum Gasteiger partial charge on any atom is 0.314 e. The van der Waals surface area contributed by atoms with Gasteiger partial charge >= 0.3 is 6.43 Å². The van der Waals surface area contributed by atoms with E-state index < -0.39 is 34.5 Å². The molecule has 3 rings (SSSR count). The van der Waals surface area contributed by atoms with Crippen molar-refractivity contribution in [1.29, 1.82) is 0 Å². The van der Waals surface area contributed by atoms with E-state index >= 15 is 0 Å². The van der Waals surface area contributed by atoms with Crippen molar-refractivity contribution < 1.29 is 30.4 Å². The van der Waals surface area contributed by atoms with Crippen LogP contribution in [0, 0.1) is 0 Å². The Kier molecular flexibility index (Phi) is 5.60. The Morgan fingerprint density at radius 3 is 2.54 bits per heavy atom. The van der Waals surface area contributed by atoms with E-state index in [4.69, 9.17) is 4.42 Å². The summed E-state index contributed by atoms with van der Waals surface area (Å²) in [5, 5.41) is 6.92. The number of nitrogens with zero attached hydrogens (tertiary/aromatic N) is 5. The Bertz CT molecular complexity index is 1070. The van der Waals surface area contributed by atoms with E-state index in [1.807, 2.05) is 0 Å². The average Bonchev–Trinajstić information content (AvgIpc) is 3.28. The second-order valence-corrected chi connectivity index (χ2v) is 8.38.